The zero-order valence-electron chi connectivity index (χ0n) is 18.8. The maximum atomic E-state index is 13.9. The molecule has 2 atom stereocenters. The van der Waals surface area contributed by atoms with Crippen molar-refractivity contribution in [2.75, 3.05) is 27.3 Å². The van der Waals surface area contributed by atoms with Crippen molar-refractivity contribution < 1.29 is 14.0 Å². The van der Waals surface area contributed by atoms with Crippen molar-refractivity contribution in [2.45, 2.75) is 23.3 Å². The molecule has 0 saturated carbocycles. The molecule has 2 heterocycles. The zero-order chi connectivity index (χ0) is 24.6. The van der Waals surface area contributed by atoms with Gasteiger partial charge in [-0.3, -0.25) is 19.5 Å². The molecule has 0 aromatic heterocycles. The molecule has 10 heteroatoms. The minimum atomic E-state index is -1.26. The van der Waals surface area contributed by atoms with Crippen LogP contribution in [0.5, 0.6) is 0 Å². The van der Waals surface area contributed by atoms with Gasteiger partial charge in [-0.25, -0.2) is 4.39 Å². The summed E-state index contributed by atoms with van der Waals surface area (Å²) in [6.07, 6.45) is 3.70. The molecule has 2 aliphatic heterocycles. The van der Waals surface area contributed by atoms with E-state index in [1.54, 1.807) is 61.3 Å². The average Bonchev–Trinajstić information content (AvgIpc) is 2.77. The first-order chi connectivity index (χ1) is 16.1. The van der Waals surface area contributed by atoms with Gasteiger partial charge >= 0.3 is 0 Å². The highest BCUT2D eigenvalue weighted by atomic mass is 35.5. The summed E-state index contributed by atoms with van der Waals surface area (Å²) >= 11 is 14.5. The van der Waals surface area contributed by atoms with Crippen LogP contribution in [-0.2, 0) is 15.0 Å². The van der Waals surface area contributed by atoms with Gasteiger partial charge in [0.2, 0.25) is 11.8 Å². The van der Waals surface area contributed by atoms with Gasteiger partial charge in [0.25, 0.3) is 0 Å². The van der Waals surface area contributed by atoms with Crippen molar-refractivity contribution in [3.8, 4) is 0 Å². The number of likely N-dealkylation sites (N-methyl/N-ethyl adjacent to an activating group) is 1. The third kappa shape index (κ3) is 4.60. The topological polar surface area (TPSA) is 56.2 Å². The second-order valence-electron chi connectivity index (χ2n) is 8.54. The van der Waals surface area contributed by atoms with E-state index in [4.69, 9.17) is 28.3 Å². The minimum Gasteiger partial charge on any atom is -0.301 e. The Kier molecular flexibility index (Phi) is 7.05. The monoisotopic (exact) mass is 520 g/mol. The quantitative estimate of drug-likeness (QED) is 0.588. The number of amides is 2. The molecule has 0 bridgehead atoms. The first-order valence-electron chi connectivity index (χ1n) is 10.5. The summed E-state index contributed by atoms with van der Waals surface area (Å²) in [6, 6.07) is 10.7. The van der Waals surface area contributed by atoms with E-state index in [0.717, 1.165) is 4.90 Å². The largest absolute Gasteiger partial charge is 0.301 e. The van der Waals surface area contributed by atoms with Crippen LogP contribution in [0.1, 0.15) is 12.5 Å². The Bertz CT molecular complexity index is 1170. The molecule has 1 fully saturated rings. The van der Waals surface area contributed by atoms with Gasteiger partial charge in [-0.2, -0.15) is 5.10 Å². The molecule has 2 aliphatic rings. The molecule has 2 amide bonds. The number of hydrogen-bond acceptors (Lipinski definition) is 6. The number of benzene rings is 2. The number of fused-ring (bicyclic) bond motifs is 1. The fraction of sp³-hybridized carbons (Fsp3) is 0.292. The van der Waals surface area contributed by atoms with Gasteiger partial charge in [0.1, 0.15) is 22.9 Å². The first kappa shape index (κ1) is 24.7. The van der Waals surface area contributed by atoms with E-state index in [0.29, 0.717) is 20.7 Å². The second kappa shape index (κ2) is 9.70. The molecule has 1 saturated heterocycles. The molecular weight excluding hydrogens is 498 g/mol. The van der Waals surface area contributed by atoms with E-state index >= 15 is 0 Å². The van der Waals surface area contributed by atoms with Crippen LogP contribution in [0, 0.1) is 5.82 Å². The highest BCUT2D eigenvalue weighted by Crippen LogP contribution is 2.45. The molecule has 0 spiro atoms. The minimum absolute atomic E-state index is 0.00828. The Morgan fingerprint density at radius 2 is 1.85 bits per heavy atom. The van der Waals surface area contributed by atoms with Gasteiger partial charge in [0, 0.05) is 20.5 Å². The van der Waals surface area contributed by atoms with Crippen molar-refractivity contribution in [3.05, 3.63) is 76.0 Å². The number of thioether (sulfide) groups is 1. The fourth-order valence-corrected chi connectivity index (χ4v) is 5.79. The van der Waals surface area contributed by atoms with E-state index in [-0.39, 0.29) is 30.8 Å². The van der Waals surface area contributed by atoms with Crippen molar-refractivity contribution in [3.63, 3.8) is 0 Å². The predicted molar refractivity (Wildman–Crippen MR) is 134 cm³/mol. The smallest absolute Gasteiger partial charge is 0.244 e. The van der Waals surface area contributed by atoms with Crippen LogP contribution in [0.15, 0.2) is 64.6 Å². The Labute approximate surface area is 212 Å². The van der Waals surface area contributed by atoms with Crippen molar-refractivity contribution in [1.29, 1.82) is 0 Å². The highest BCUT2D eigenvalue weighted by Gasteiger charge is 2.54. The molecule has 0 N–H and O–H groups in total. The fourth-order valence-electron chi connectivity index (χ4n) is 4.20. The number of nitrogens with zero attached hydrogens (tertiary/aromatic N) is 4. The third-order valence-corrected chi connectivity index (χ3v) is 7.37. The van der Waals surface area contributed by atoms with Gasteiger partial charge in [0.05, 0.1) is 12.6 Å². The molecule has 2 aromatic rings. The number of carbonyl (C=O) groups is 2. The van der Waals surface area contributed by atoms with Crippen LogP contribution in [-0.4, -0.2) is 65.0 Å². The molecule has 2 unspecified atom stereocenters. The molecular formula is C24H23Cl2FN4O2S. The number of imide groups is 1. The highest BCUT2D eigenvalue weighted by molar-refractivity contribution is 8.14. The third-order valence-electron chi connectivity index (χ3n) is 5.81. The summed E-state index contributed by atoms with van der Waals surface area (Å²) < 4.78 is 13.3. The number of hydrazone groups is 1. The number of rotatable bonds is 4. The van der Waals surface area contributed by atoms with E-state index in [2.05, 4.69) is 0 Å². The van der Waals surface area contributed by atoms with E-state index in [9.17, 15) is 14.0 Å². The summed E-state index contributed by atoms with van der Waals surface area (Å²) in [5.74, 6) is -1.05. The van der Waals surface area contributed by atoms with Crippen molar-refractivity contribution in [1.82, 2.24) is 14.8 Å². The van der Waals surface area contributed by atoms with Crippen molar-refractivity contribution in [2.24, 2.45) is 5.10 Å². The van der Waals surface area contributed by atoms with Gasteiger partial charge in [-0.05, 0) is 63.5 Å². The summed E-state index contributed by atoms with van der Waals surface area (Å²) in [5, 5.41) is 7.77. The lowest BCUT2D eigenvalue weighted by molar-refractivity contribution is -0.159. The number of halogens is 3. The summed E-state index contributed by atoms with van der Waals surface area (Å²) in [6.45, 7) is 1.80. The van der Waals surface area contributed by atoms with E-state index in [1.165, 1.54) is 28.8 Å². The molecule has 34 heavy (non-hydrogen) atoms. The van der Waals surface area contributed by atoms with Gasteiger partial charge in [-0.15, -0.1) is 0 Å². The molecule has 6 nitrogen and oxygen atoms in total. The maximum Gasteiger partial charge on any atom is 0.244 e. The van der Waals surface area contributed by atoms with Gasteiger partial charge < -0.3 is 4.90 Å². The summed E-state index contributed by atoms with van der Waals surface area (Å²) in [7, 11) is 3.52. The van der Waals surface area contributed by atoms with Crippen LogP contribution >= 0.6 is 35.0 Å². The maximum absolute atomic E-state index is 13.9. The summed E-state index contributed by atoms with van der Waals surface area (Å²) in [4.78, 5) is 30.6. The molecule has 178 valence electrons. The number of hydrogen-bond donors (Lipinski definition) is 0. The lowest BCUT2D eigenvalue weighted by Crippen LogP contribution is -2.66. The van der Waals surface area contributed by atoms with Crippen LogP contribution in [0.25, 0.3) is 0 Å². The van der Waals surface area contributed by atoms with Crippen LogP contribution in [0.3, 0.4) is 0 Å². The van der Waals surface area contributed by atoms with E-state index in [1.807, 2.05) is 12.2 Å². The Balaban J connectivity index is 1.76. The lowest BCUT2D eigenvalue weighted by Gasteiger charge is -2.50. The van der Waals surface area contributed by atoms with Crippen LogP contribution < -0.4 is 0 Å². The summed E-state index contributed by atoms with van der Waals surface area (Å²) in [5.41, 5.74) is -0.808. The van der Waals surface area contributed by atoms with Crippen LogP contribution in [0.2, 0.25) is 10.0 Å². The Hall–Kier alpha value is -2.39. The SMILES string of the molecule is CN(C)CC(=O)N1CN2N=C(Sc3ccc(F)cc3)C=CC2C(C)(c2c(Cl)cccc2Cl)C1=O. The molecule has 0 radical (unpaired) electrons. The standard InChI is InChI=1S/C24H23Cl2FN4O2S/c1-24(22-17(25)5-4-6-18(22)26)19-11-12-20(34-16-9-7-15(27)8-10-16)28-31(19)14-30(23(24)33)21(32)13-29(2)3/h4-12,19H,13-14H2,1-3H3. The first-order valence-corrected chi connectivity index (χ1v) is 12.1. The molecule has 4 rings (SSSR count). The Morgan fingerprint density at radius 1 is 1.21 bits per heavy atom. The lowest BCUT2D eigenvalue weighted by atomic mass is 9.72. The van der Waals surface area contributed by atoms with E-state index < -0.39 is 11.5 Å². The molecule has 0 aliphatic carbocycles. The zero-order valence-corrected chi connectivity index (χ0v) is 21.2. The van der Waals surface area contributed by atoms with Gasteiger partial charge in [0.15, 0.2) is 0 Å². The normalized spacial score (nSPS) is 22.1. The molecule has 2 aromatic carbocycles. The second-order valence-corrected chi connectivity index (χ2v) is 10.5. The predicted octanol–water partition coefficient (Wildman–Crippen LogP) is 4.62. The number of carbonyl (C=O) groups excluding carboxylic acids is 2. The average molecular weight is 521 g/mol. The van der Waals surface area contributed by atoms with Crippen LogP contribution in [0.4, 0.5) is 4.39 Å². The Morgan fingerprint density at radius 3 is 2.47 bits per heavy atom. The van der Waals surface area contributed by atoms with Gasteiger partial charge in [-0.1, -0.05) is 47.1 Å². The van der Waals surface area contributed by atoms with Crippen molar-refractivity contribution >= 4 is 51.8 Å².